The van der Waals surface area contributed by atoms with E-state index in [-0.39, 0.29) is 5.91 Å². The van der Waals surface area contributed by atoms with Crippen molar-refractivity contribution < 1.29 is 4.79 Å². The Labute approximate surface area is 174 Å². The maximum Gasteiger partial charge on any atom is 0.255 e. The Balaban J connectivity index is 1.53. The van der Waals surface area contributed by atoms with Crippen molar-refractivity contribution in [1.29, 1.82) is 0 Å². The van der Waals surface area contributed by atoms with Crippen LogP contribution in [-0.2, 0) is 19.6 Å². The van der Waals surface area contributed by atoms with E-state index < -0.39 is 0 Å². The number of carbonyl (C=O) groups is 1. The van der Waals surface area contributed by atoms with Crippen LogP contribution in [0.15, 0.2) is 55.6 Å². The lowest BCUT2D eigenvalue weighted by atomic mass is 10.1. The van der Waals surface area contributed by atoms with Crippen LogP contribution < -0.4 is 10.6 Å². The molecule has 0 spiro atoms. The highest BCUT2D eigenvalue weighted by Gasteiger charge is 2.17. The normalized spacial score (nSPS) is 11.0. The Morgan fingerprint density at radius 2 is 2.00 bits per heavy atom. The standard InChI is InChI=1S/C21H24N8O/c1-2-29-20-17(14-27-29)19(24-6-3-10-28-11-9-23-15-28)18(13-25-20)21(30)26-12-16-4-7-22-8-5-16/h4-5,7-9,11,13-15H,2-3,6,10,12H2,1H3,(H,24,25)(H,26,30). The van der Waals surface area contributed by atoms with Gasteiger partial charge >= 0.3 is 0 Å². The molecule has 0 unspecified atom stereocenters. The molecule has 0 saturated heterocycles. The summed E-state index contributed by atoms with van der Waals surface area (Å²) >= 11 is 0. The lowest BCUT2D eigenvalue weighted by Gasteiger charge is -2.14. The molecular formula is C21H24N8O. The number of hydrogen-bond acceptors (Lipinski definition) is 6. The highest BCUT2D eigenvalue weighted by Crippen LogP contribution is 2.26. The molecule has 0 atom stereocenters. The number of amides is 1. The van der Waals surface area contributed by atoms with E-state index in [1.807, 2.05) is 34.5 Å². The van der Waals surface area contributed by atoms with Gasteiger partial charge in [-0.2, -0.15) is 5.10 Å². The summed E-state index contributed by atoms with van der Waals surface area (Å²) in [5, 5.41) is 11.6. The Kier molecular flexibility index (Phi) is 5.98. The molecule has 0 saturated carbocycles. The summed E-state index contributed by atoms with van der Waals surface area (Å²) in [7, 11) is 0. The molecule has 30 heavy (non-hydrogen) atoms. The number of nitrogens with zero attached hydrogens (tertiary/aromatic N) is 6. The highest BCUT2D eigenvalue weighted by molar-refractivity contribution is 6.06. The van der Waals surface area contributed by atoms with E-state index in [9.17, 15) is 4.79 Å². The first-order chi connectivity index (χ1) is 14.8. The minimum absolute atomic E-state index is 0.178. The third kappa shape index (κ3) is 4.29. The molecule has 1 amide bonds. The van der Waals surface area contributed by atoms with Gasteiger partial charge in [-0.3, -0.25) is 9.78 Å². The maximum absolute atomic E-state index is 12.9. The van der Waals surface area contributed by atoms with Gasteiger partial charge in [-0.1, -0.05) is 0 Å². The van der Waals surface area contributed by atoms with Crippen LogP contribution in [0.25, 0.3) is 11.0 Å². The van der Waals surface area contributed by atoms with Gasteiger partial charge in [-0.15, -0.1) is 0 Å². The molecule has 4 aromatic heterocycles. The van der Waals surface area contributed by atoms with Crippen LogP contribution >= 0.6 is 0 Å². The van der Waals surface area contributed by atoms with Gasteiger partial charge < -0.3 is 15.2 Å². The van der Waals surface area contributed by atoms with Gasteiger partial charge in [0.25, 0.3) is 5.91 Å². The molecule has 9 nitrogen and oxygen atoms in total. The fourth-order valence-electron chi connectivity index (χ4n) is 3.29. The molecular weight excluding hydrogens is 380 g/mol. The summed E-state index contributed by atoms with van der Waals surface area (Å²) in [5.74, 6) is -0.178. The third-order valence-electron chi connectivity index (χ3n) is 4.87. The molecule has 0 aliphatic heterocycles. The molecule has 0 aliphatic rings. The summed E-state index contributed by atoms with van der Waals surface area (Å²) in [6, 6.07) is 3.75. The Morgan fingerprint density at radius 3 is 2.77 bits per heavy atom. The summed E-state index contributed by atoms with van der Waals surface area (Å²) in [6.07, 6.45) is 13.2. The lowest BCUT2D eigenvalue weighted by Crippen LogP contribution is -2.24. The predicted molar refractivity (Wildman–Crippen MR) is 114 cm³/mol. The quantitative estimate of drug-likeness (QED) is 0.416. The topological polar surface area (TPSA) is 103 Å². The second-order valence-corrected chi connectivity index (χ2v) is 6.86. The number of aromatic nitrogens is 6. The molecule has 0 aliphatic carbocycles. The smallest absolute Gasteiger partial charge is 0.255 e. The second kappa shape index (κ2) is 9.17. The lowest BCUT2D eigenvalue weighted by molar-refractivity contribution is 0.0951. The number of anilines is 1. The molecule has 0 bridgehead atoms. The van der Waals surface area contributed by atoms with E-state index >= 15 is 0 Å². The van der Waals surface area contributed by atoms with Crippen molar-refractivity contribution in [2.75, 3.05) is 11.9 Å². The van der Waals surface area contributed by atoms with Crippen molar-refractivity contribution in [3.63, 3.8) is 0 Å². The van der Waals surface area contributed by atoms with Gasteiger partial charge in [-0.05, 0) is 31.0 Å². The van der Waals surface area contributed by atoms with Crippen LogP contribution in [-0.4, -0.2) is 41.8 Å². The molecule has 0 radical (unpaired) electrons. The number of imidazole rings is 1. The maximum atomic E-state index is 12.9. The van der Waals surface area contributed by atoms with E-state index in [1.165, 1.54) is 0 Å². The highest BCUT2D eigenvalue weighted by atomic mass is 16.1. The number of carbonyl (C=O) groups excluding carboxylic acids is 1. The fraction of sp³-hybridized carbons (Fsp3) is 0.286. The van der Waals surface area contributed by atoms with Gasteiger partial charge in [-0.25, -0.2) is 14.6 Å². The van der Waals surface area contributed by atoms with Crippen LogP contribution in [0.2, 0.25) is 0 Å². The monoisotopic (exact) mass is 404 g/mol. The first kappa shape index (κ1) is 19.6. The van der Waals surface area contributed by atoms with Crippen molar-refractivity contribution in [2.45, 2.75) is 33.0 Å². The summed E-state index contributed by atoms with van der Waals surface area (Å²) in [5.41, 5.74) is 3.02. The van der Waals surface area contributed by atoms with E-state index in [1.54, 1.807) is 37.3 Å². The number of rotatable bonds is 9. The second-order valence-electron chi connectivity index (χ2n) is 6.86. The molecule has 9 heteroatoms. The number of pyridine rings is 2. The average molecular weight is 404 g/mol. The molecule has 2 N–H and O–H groups in total. The van der Waals surface area contributed by atoms with Crippen LogP contribution in [0.4, 0.5) is 5.69 Å². The Hall–Kier alpha value is -3.75. The summed E-state index contributed by atoms with van der Waals surface area (Å²) < 4.78 is 3.85. The SMILES string of the molecule is CCn1ncc2c(NCCCn3ccnc3)c(C(=O)NCc3ccncc3)cnc21. The van der Waals surface area contributed by atoms with Crippen molar-refractivity contribution in [3.8, 4) is 0 Å². The zero-order valence-electron chi connectivity index (χ0n) is 16.8. The molecule has 4 rings (SSSR count). The number of hydrogen-bond donors (Lipinski definition) is 2. The Bertz CT molecular complexity index is 1100. The largest absolute Gasteiger partial charge is 0.384 e. The van der Waals surface area contributed by atoms with Crippen LogP contribution in [0, 0.1) is 0 Å². The minimum atomic E-state index is -0.178. The number of nitrogens with one attached hydrogen (secondary N) is 2. The van der Waals surface area contributed by atoms with E-state index in [0.717, 1.165) is 35.2 Å². The Morgan fingerprint density at radius 1 is 1.13 bits per heavy atom. The predicted octanol–water partition coefficient (Wildman–Crippen LogP) is 2.47. The number of fused-ring (bicyclic) bond motifs is 1. The van der Waals surface area contributed by atoms with Crippen molar-refractivity contribution >= 4 is 22.6 Å². The van der Waals surface area contributed by atoms with E-state index in [0.29, 0.717) is 25.2 Å². The van der Waals surface area contributed by atoms with Gasteiger partial charge in [0.05, 0.1) is 29.2 Å². The van der Waals surface area contributed by atoms with Crippen molar-refractivity contribution in [2.24, 2.45) is 0 Å². The van der Waals surface area contributed by atoms with Gasteiger partial charge in [0.15, 0.2) is 5.65 Å². The molecule has 0 fully saturated rings. The van der Waals surface area contributed by atoms with Crippen molar-refractivity contribution in [1.82, 2.24) is 34.6 Å². The zero-order chi connectivity index (χ0) is 20.8. The molecule has 4 heterocycles. The van der Waals surface area contributed by atoms with Gasteiger partial charge in [0, 0.05) is 57.2 Å². The molecule has 0 aromatic carbocycles. The van der Waals surface area contributed by atoms with Crippen LogP contribution in [0.5, 0.6) is 0 Å². The minimum Gasteiger partial charge on any atom is -0.384 e. The van der Waals surface area contributed by atoms with Crippen molar-refractivity contribution in [3.05, 3.63) is 66.8 Å². The number of aryl methyl sites for hydroxylation is 2. The van der Waals surface area contributed by atoms with Crippen LogP contribution in [0.3, 0.4) is 0 Å². The van der Waals surface area contributed by atoms with Gasteiger partial charge in [0.2, 0.25) is 0 Å². The fourth-order valence-corrected chi connectivity index (χ4v) is 3.29. The first-order valence-electron chi connectivity index (χ1n) is 9.97. The zero-order valence-corrected chi connectivity index (χ0v) is 16.8. The van der Waals surface area contributed by atoms with E-state index in [4.69, 9.17) is 0 Å². The van der Waals surface area contributed by atoms with E-state index in [2.05, 4.69) is 30.7 Å². The third-order valence-corrected chi connectivity index (χ3v) is 4.87. The average Bonchev–Trinajstić information content (AvgIpc) is 3.45. The molecule has 154 valence electrons. The summed E-state index contributed by atoms with van der Waals surface area (Å²) in [4.78, 5) is 25.5. The van der Waals surface area contributed by atoms with Gasteiger partial charge in [0.1, 0.15) is 0 Å². The first-order valence-corrected chi connectivity index (χ1v) is 9.97. The van der Waals surface area contributed by atoms with Crippen LogP contribution in [0.1, 0.15) is 29.3 Å². The summed E-state index contributed by atoms with van der Waals surface area (Å²) in [6.45, 7) is 4.71. The molecule has 4 aromatic rings.